The van der Waals surface area contributed by atoms with E-state index in [0.717, 1.165) is 11.8 Å². The maximum Gasteiger partial charge on any atom is 0.274 e. The summed E-state index contributed by atoms with van der Waals surface area (Å²) in [6, 6.07) is 3.94. The summed E-state index contributed by atoms with van der Waals surface area (Å²) in [7, 11) is 0. The lowest BCUT2D eigenvalue weighted by Crippen LogP contribution is -1.84. The molecule has 0 radical (unpaired) electrons. The molecule has 4 aromatic rings. The lowest BCUT2D eigenvalue weighted by atomic mass is 10.2. The number of fused-ring (bicyclic) bond motifs is 1. The Morgan fingerprint density at radius 3 is 2.86 bits per heavy atom. The Labute approximate surface area is 122 Å². The Hall–Kier alpha value is -3.03. The van der Waals surface area contributed by atoms with Gasteiger partial charge in [0.25, 0.3) is 5.89 Å². The van der Waals surface area contributed by atoms with Crippen LogP contribution in [0.4, 0.5) is 8.78 Å². The van der Waals surface area contributed by atoms with Gasteiger partial charge in [-0.05, 0) is 25.1 Å². The van der Waals surface area contributed by atoms with Crippen LogP contribution in [-0.2, 0) is 0 Å². The van der Waals surface area contributed by atoms with E-state index in [2.05, 4.69) is 25.1 Å². The average Bonchev–Trinajstić information content (AvgIpc) is 3.20. The summed E-state index contributed by atoms with van der Waals surface area (Å²) in [6.07, 6.45) is 1.53. The van der Waals surface area contributed by atoms with Crippen molar-refractivity contribution in [1.82, 2.24) is 25.1 Å². The summed E-state index contributed by atoms with van der Waals surface area (Å²) >= 11 is 0. The number of halogens is 2. The minimum Gasteiger partial charge on any atom is -0.350 e. The van der Waals surface area contributed by atoms with E-state index < -0.39 is 11.6 Å². The number of nitrogens with one attached hydrogen (secondary N) is 2. The number of aromatic amines is 2. The number of hydrogen-bond donors (Lipinski definition) is 2. The number of aryl methyl sites for hydroxylation is 1. The Kier molecular flexibility index (Phi) is 2.59. The van der Waals surface area contributed by atoms with Crippen LogP contribution in [0.1, 0.15) is 5.69 Å². The van der Waals surface area contributed by atoms with Gasteiger partial charge in [0.2, 0.25) is 5.82 Å². The first kappa shape index (κ1) is 12.7. The Balaban J connectivity index is 1.81. The largest absolute Gasteiger partial charge is 0.350 e. The van der Waals surface area contributed by atoms with Crippen LogP contribution in [-0.4, -0.2) is 25.1 Å². The molecule has 0 aliphatic carbocycles. The van der Waals surface area contributed by atoms with E-state index >= 15 is 0 Å². The Morgan fingerprint density at radius 1 is 1.23 bits per heavy atom. The summed E-state index contributed by atoms with van der Waals surface area (Å²) in [6.45, 7) is 1.83. The van der Waals surface area contributed by atoms with Gasteiger partial charge in [-0.1, -0.05) is 5.16 Å². The van der Waals surface area contributed by atoms with E-state index in [4.69, 9.17) is 4.52 Å². The molecule has 0 saturated heterocycles. The zero-order valence-electron chi connectivity index (χ0n) is 11.3. The van der Waals surface area contributed by atoms with Crippen molar-refractivity contribution in [3.63, 3.8) is 0 Å². The first-order chi connectivity index (χ1) is 10.6. The second kappa shape index (κ2) is 4.48. The fourth-order valence-electron chi connectivity index (χ4n) is 2.27. The summed E-state index contributed by atoms with van der Waals surface area (Å²) < 4.78 is 32.1. The highest BCUT2D eigenvalue weighted by atomic mass is 19.2. The first-order valence-corrected chi connectivity index (χ1v) is 6.44. The molecule has 0 aliphatic rings. The molecule has 4 rings (SSSR count). The molecule has 8 heteroatoms. The number of rotatable bonds is 2. The average molecular weight is 301 g/mol. The van der Waals surface area contributed by atoms with E-state index in [1.54, 1.807) is 0 Å². The molecule has 0 saturated carbocycles. The van der Waals surface area contributed by atoms with Gasteiger partial charge in [-0.2, -0.15) is 4.98 Å². The molecular formula is C14H9F2N5O. The van der Waals surface area contributed by atoms with Gasteiger partial charge < -0.3 is 14.5 Å². The Morgan fingerprint density at radius 2 is 2.09 bits per heavy atom. The number of nitrogens with zero attached hydrogens (tertiary/aromatic N) is 3. The van der Waals surface area contributed by atoms with Crippen LogP contribution in [0.5, 0.6) is 0 Å². The molecule has 3 aromatic heterocycles. The van der Waals surface area contributed by atoms with Crippen LogP contribution in [0.2, 0.25) is 0 Å². The van der Waals surface area contributed by atoms with Gasteiger partial charge in [-0.3, -0.25) is 0 Å². The molecule has 3 heterocycles. The normalized spacial score (nSPS) is 11.4. The van der Waals surface area contributed by atoms with E-state index in [0.29, 0.717) is 22.7 Å². The molecule has 110 valence electrons. The number of aromatic nitrogens is 5. The maximum absolute atomic E-state index is 13.7. The van der Waals surface area contributed by atoms with Gasteiger partial charge in [0.1, 0.15) is 11.4 Å². The van der Waals surface area contributed by atoms with Gasteiger partial charge in [-0.25, -0.2) is 13.8 Å². The molecule has 22 heavy (non-hydrogen) atoms. The highest BCUT2D eigenvalue weighted by molar-refractivity contribution is 5.85. The molecule has 0 fully saturated rings. The fraction of sp³-hybridized carbons (Fsp3) is 0.0714. The molecule has 0 unspecified atom stereocenters. The molecule has 2 N–H and O–H groups in total. The van der Waals surface area contributed by atoms with Gasteiger partial charge >= 0.3 is 0 Å². The van der Waals surface area contributed by atoms with Gasteiger partial charge in [0.15, 0.2) is 11.6 Å². The fourth-order valence-corrected chi connectivity index (χ4v) is 2.27. The van der Waals surface area contributed by atoms with Crippen LogP contribution >= 0.6 is 0 Å². The Bertz CT molecular complexity index is 984. The van der Waals surface area contributed by atoms with Gasteiger partial charge in [0.05, 0.1) is 6.33 Å². The van der Waals surface area contributed by atoms with Crippen molar-refractivity contribution in [2.24, 2.45) is 0 Å². The van der Waals surface area contributed by atoms with Crippen molar-refractivity contribution in [3.05, 3.63) is 41.9 Å². The molecule has 0 aliphatic heterocycles. The van der Waals surface area contributed by atoms with Gasteiger partial charge in [0, 0.05) is 16.6 Å². The number of hydrogen-bond acceptors (Lipinski definition) is 4. The molecule has 0 bridgehead atoms. The maximum atomic E-state index is 13.7. The van der Waals surface area contributed by atoms with E-state index in [9.17, 15) is 8.78 Å². The molecule has 0 amide bonds. The lowest BCUT2D eigenvalue weighted by Gasteiger charge is -1.92. The zero-order valence-corrected chi connectivity index (χ0v) is 11.3. The standard InChI is InChI=1S/C14H9F2N5O/c1-6-12(18-5-17-6)13-20-14(22-21-13)10-4-7-9(19-10)3-2-8(15)11(7)16/h2-5,19H,1H3,(H,17,18). The van der Waals surface area contributed by atoms with Crippen LogP contribution in [0.3, 0.4) is 0 Å². The van der Waals surface area contributed by atoms with Crippen LogP contribution in [0, 0.1) is 18.6 Å². The second-order valence-electron chi connectivity index (χ2n) is 4.80. The third-order valence-corrected chi connectivity index (χ3v) is 3.39. The van der Waals surface area contributed by atoms with Crippen LogP contribution in [0.15, 0.2) is 29.0 Å². The summed E-state index contributed by atoms with van der Waals surface area (Å²) in [5, 5.41) is 3.98. The smallest absolute Gasteiger partial charge is 0.274 e. The van der Waals surface area contributed by atoms with Crippen LogP contribution in [0.25, 0.3) is 34.0 Å². The highest BCUT2D eigenvalue weighted by Crippen LogP contribution is 2.27. The third-order valence-electron chi connectivity index (χ3n) is 3.39. The van der Waals surface area contributed by atoms with E-state index in [-0.39, 0.29) is 11.3 Å². The molecule has 0 atom stereocenters. The summed E-state index contributed by atoms with van der Waals surface area (Å²) in [4.78, 5) is 14.2. The number of H-pyrrole nitrogens is 2. The van der Waals surface area contributed by atoms with E-state index in [1.165, 1.54) is 18.5 Å². The van der Waals surface area contributed by atoms with Crippen molar-refractivity contribution in [2.45, 2.75) is 6.92 Å². The monoisotopic (exact) mass is 301 g/mol. The third kappa shape index (κ3) is 1.80. The van der Waals surface area contributed by atoms with Crippen molar-refractivity contribution in [1.29, 1.82) is 0 Å². The molecule has 1 aromatic carbocycles. The minimum absolute atomic E-state index is 0.130. The lowest BCUT2D eigenvalue weighted by molar-refractivity contribution is 0.431. The number of imidazole rings is 1. The van der Waals surface area contributed by atoms with Crippen molar-refractivity contribution >= 4 is 10.9 Å². The van der Waals surface area contributed by atoms with Crippen molar-refractivity contribution in [2.75, 3.05) is 0 Å². The second-order valence-corrected chi connectivity index (χ2v) is 4.80. The highest BCUT2D eigenvalue weighted by Gasteiger charge is 2.17. The molecule has 0 spiro atoms. The van der Waals surface area contributed by atoms with E-state index in [1.807, 2.05) is 6.92 Å². The quantitative estimate of drug-likeness (QED) is 0.595. The number of benzene rings is 1. The zero-order chi connectivity index (χ0) is 15.3. The topological polar surface area (TPSA) is 83.4 Å². The first-order valence-electron chi connectivity index (χ1n) is 6.44. The van der Waals surface area contributed by atoms with Gasteiger partial charge in [-0.15, -0.1) is 0 Å². The molecular weight excluding hydrogens is 292 g/mol. The van der Waals surface area contributed by atoms with Crippen LogP contribution < -0.4 is 0 Å². The SMILES string of the molecule is Cc1[nH]cnc1-c1noc(-c2cc3c(F)c(F)ccc3[nH]2)n1. The predicted molar refractivity (Wildman–Crippen MR) is 73.8 cm³/mol. The van der Waals surface area contributed by atoms with Crippen molar-refractivity contribution in [3.8, 4) is 23.1 Å². The minimum atomic E-state index is -0.914. The molecule has 6 nitrogen and oxygen atoms in total. The predicted octanol–water partition coefficient (Wildman–Crippen LogP) is 3.19. The summed E-state index contributed by atoms with van der Waals surface area (Å²) in [5.41, 5.74) is 2.23. The summed E-state index contributed by atoms with van der Waals surface area (Å²) in [5.74, 6) is -1.33. The van der Waals surface area contributed by atoms with Crippen molar-refractivity contribution < 1.29 is 13.3 Å².